The van der Waals surface area contributed by atoms with Crippen LogP contribution in [-0.4, -0.2) is 38.5 Å². The van der Waals surface area contributed by atoms with E-state index < -0.39 is 0 Å². The van der Waals surface area contributed by atoms with Crippen LogP contribution in [0.5, 0.6) is 0 Å². The molecule has 5 nitrogen and oxygen atoms in total. The van der Waals surface area contributed by atoms with Crippen molar-refractivity contribution < 1.29 is 14.3 Å². The number of hydrogen-bond acceptors (Lipinski definition) is 4. The summed E-state index contributed by atoms with van der Waals surface area (Å²) in [7, 11) is 0. The van der Waals surface area contributed by atoms with Crippen LogP contribution in [0.2, 0.25) is 0 Å². The van der Waals surface area contributed by atoms with E-state index in [1.165, 1.54) is 6.92 Å². The summed E-state index contributed by atoms with van der Waals surface area (Å²) in [6, 6.07) is 5.46. The highest BCUT2D eigenvalue weighted by Crippen LogP contribution is 2.26. The van der Waals surface area contributed by atoms with E-state index in [1.807, 2.05) is 12.1 Å². The Morgan fingerprint density at radius 3 is 2.72 bits per heavy atom. The summed E-state index contributed by atoms with van der Waals surface area (Å²) in [5.41, 5.74) is 1.93. The van der Waals surface area contributed by atoms with E-state index in [2.05, 4.69) is 10.2 Å². The summed E-state index contributed by atoms with van der Waals surface area (Å²) >= 11 is 0. The molecule has 2 rings (SSSR count). The number of benzene rings is 1. The second-order valence-corrected chi connectivity index (χ2v) is 4.14. The monoisotopic (exact) mass is 248 g/mol. The molecule has 0 unspecified atom stereocenters. The second kappa shape index (κ2) is 5.64. The fourth-order valence-corrected chi connectivity index (χ4v) is 2.06. The Hall–Kier alpha value is -1.88. The van der Waals surface area contributed by atoms with Gasteiger partial charge in [0.2, 0.25) is 5.91 Å². The Kier molecular flexibility index (Phi) is 3.94. The van der Waals surface area contributed by atoms with Crippen molar-refractivity contribution in [2.45, 2.75) is 6.92 Å². The smallest absolute Gasteiger partial charge is 0.221 e. The molecule has 1 aliphatic heterocycles. The summed E-state index contributed by atoms with van der Waals surface area (Å²) in [6.45, 7) is 4.25. The van der Waals surface area contributed by atoms with Crippen molar-refractivity contribution in [3.63, 3.8) is 0 Å². The van der Waals surface area contributed by atoms with Crippen LogP contribution in [0.4, 0.5) is 11.4 Å². The zero-order valence-electron chi connectivity index (χ0n) is 10.3. The summed E-state index contributed by atoms with van der Waals surface area (Å²) < 4.78 is 5.29. The van der Waals surface area contributed by atoms with Crippen LogP contribution in [0.25, 0.3) is 0 Å². The van der Waals surface area contributed by atoms with E-state index in [4.69, 9.17) is 4.74 Å². The zero-order valence-corrected chi connectivity index (χ0v) is 10.3. The summed E-state index contributed by atoms with van der Waals surface area (Å²) in [6.07, 6.45) is 0.788. The number of nitrogens with zero attached hydrogens (tertiary/aromatic N) is 1. The fraction of sp³-hybridized carbons (Fsp3) is 0.385. The van der Waals surface area contributed by atoms with Gasteiger partial charge in [0.05, 0.1) is 24.5 Å². The van der Waals surface area contributed by atoms with Crippen LogP contribution < -0.4 is 10.2 Å². The van der Waals surface area contributed by atoms with Crippen molar-refractivity contribution >= 4 is 23.6 Å². The van der Waals surface area contributed by atoms with Crippen molar-refractivity contribution in [2.24, 2.45) is 0 Å². The Labute approximate surface area is 106 Å². The van der Waals surface area contributed by atoms with E-state index in [0.29, 0.717) is 24.5 Å². The minimum Gasteiger partial charge on any atom is -0.378 e. The predicted molar refractivity (Wildman–Crippen MR) is 69.2 cm³/mol. The number of aldehydes is 1. The minimum absolute atomic E-state index is 0.183. The molecule has 0 atom stereocenters. The number of morpholine rings is 1. The van der Waals surface area contributed by atoms with Gasteiger partial charge in [-0.2, -0.15) is 0 Å². The molecule has 1 aromatic rings. The first kappa shape index (κ1) is 12.6. The molecule has 0 aromatic heterocycles. The lowest BCUT2D eigenvalue weighted by Gasteiger charge is -2.30. The molecule has 1 heterocycles. The van der Waals surface area contributed by atoms with Crippen molar-refractivity contribution in [3.8, 4) is 0 Å². The van der Waals surface area contributed by atoms with Crippen molar-refractivity contribution in [1.82, 2.24) is 0 Å². The molecular weight excluding hydrogens is 232 g/mol. The fourth-order valence-electron chi connectivity index (χ4n) is 2.06. The molecular formula is C13H16N2O3. The summed E-state index contributed by atoms with van der Waals surface area (Å²) in [4.78, 5) is 24.5. The van der Waals surface area contributed by atoms with E-state index >= 15 is 0 Å². The first-order valence-electron chi connectivity index (χ1n) is 5.91. The van der Waals surface area contributed by atoms with E-state index in [0.717, 1.165) is 25.1 Å². The van der Waals surface area contributed by atoms with E-state index in [9.17, 15) is 9.59 Å². The highest BCUT2D eigenvalue weighted by molar-refractivity contribution is 5.99. The molecule has 0 spiro atoms. The van der Waals surface area contributed by atoms with Gasteiger partial charge in [0, 0.05) is 25.7 Å². The number of ether oxygens (including phenoxy) is 1. The van der Waals surface area contributed by atoms with Crippen molar-refractivity contribution in [2.75, 3.05) is 36.5 Å². The number of carbonyl (C=O) groups is 2. The average molecular weight is 248 g/mol. The van der Waals surface area contributed by atoms with Crippen LogP contribution in [0, 0.1) is 0 Å². The summed E-state index contributed by atoms with van der Waals surface area (Å²) in [5, 5.41) is 2.68. The number of rotatable bonds is 3. The number of carbonyl (C=O) groups excluding carboxylic acids is 2. The normalized spacial score (nSPS) is 15.3. The molecule has 18 heavy (non-hydrogen) atoms. The van der Waals surface area contributed by atoms with Crippen LogP contribution in [0.1, 0.15) is 17.3 Å². The number of hydrogen-bond donors (Lipinski definition) is 1. The lowest BCUT2D eigenvalue weighted by atomic mass is 10.1. The van der Waals surface area contributed by atoms with Crippen molar-refractivity contribution in [3.05, 3.63) is 23.8 Å². The van der Waals surface area contributed by atoms with Crippen molar-refractivity contribution in [1.29, 1.82) is 0 Å². The van der Waals surface area contributed by atoms with Gasteiger partial charge in [0.15, 0.2) is 6.29 Å². The molecule has 0 radical (unpaired) electrons. The zero-order chi connectivity index (χ0) is 13.0. The Bertz CT molecular complexity index is 454. The van der Waals surface area contributed by atoms with Gasteiger partial charge in [-0.3, -0.25) is 9.59 Å². The van der Waals surface area contributed by atoms with Gasteiger partial charge >= 0.3 is 0 Å². The maximum Gasteiger partial charge on any atom is 0.221 e. The van der Waals surface area contributed by atoms with Gasteiger partial charge in [-0.25, -0.2) is 0 Å². The molecule has 1 fully saturated rings. The third-order valence-corrected chi connectivity index (χ3v) is 2.86. The highest BCUT2D eigenvalue weighted by Gasteiger charge is 2.17. The maximum atomic E-state index is 11.3. The Morgan fingerprint density at radius 2 is 2.11 bits per heavy atom. The quantitative estimate of drug-likeness (QED) is 0.819. The predicted octanol–water partition coefficient (Wildman–Crippen LogP) is 1.29. The second-order valence-electron chi connectivity index (χ2n) is 4.14. The average Bonchev–Trinajstić information content (AvgIpc) is 2.39. The van der Waals surface area contributed by atoms with E-state index in [1.54, 1.807) is 6.07 Å². The molecule has 0 bridgehead atoms. The molecule has 1 N–H and O–H groups in total. The van der Waals surface area contributed by atoms with Crippen LogP contribution in [-0.2, 0) is 9.53 Å². The van der Waals surface area contributed by atoms with Gasteiger partial charge in [0.25, 0.3) is 0 Å². The molecule has 1 amide bonds. The number of anilines is 2. The minimum atomic E-state index is -0.183. The molecule has 1 aromatic carbocycles. The van der Waals surface area contributed by atoms with Crippen LogP contribution >= 0.6 is 0 Å². The third-order valence-electron chi connectivity index (χ3n) is 2.86. The third kappa shape index (κ3) is 2.68. The molecule has 96 valence electrons. The number of amides is 1. The Morgan fingerprint density at radius 1 is 1.39 bits per heavy atom. The van der Waals surface area contributed by atoms with Gasteiger partial charge in [-0.1, -0.05) is 6.07 Å². The molecule has 1 aliphatic rings. The van der Waals surface area contributed by atoms with Crippen LogP contribution in [0.15, 0.2) is 18.2 Å². The summed E-state index contributed by atoms with van der Waals surface area (Å²) in [5.74, 6) is -0.183. The van der Waals surface area contributed by atoms with Crippen LogP contribution in [0.3, 0.4) is 0 Å². The SMILES string of the molecule is CC(=O)Nc1cccc(N2CCOCC2)c1C=O. The Balaban J connectivity index is 2.33. The largest absolute Gasteiger partial charge is 0.378 e. The topological polar surface area (TPSA) is 58.6 Å². The lowest BCUT2D eigenvalue weighted by Crippen LogP contribution is -2.36. The van der Waals surface area contributed by atoms with Gasteiger partial charge < -0.3 is 15.0 Å². The maximum absolute atomic E-state index is 11.3. The first-order chi connectivity index (χ1) is 8.72. The first-order valence-corrected chi connectivity index (χ1v) is 5.91. The van der Waals surface area contributed by atoms with Gasteiger partial charge in [-0.05, 0) is 12.1 Å². The molecule has 0 saturated carbocycles. The number of nitrogens with one attached hydrogen (secondary N) is 1. The lowest BCUT2D eigenvalue weighted by molar-refractivity contribution is -0.114. The molecule has 0 aliphatic carbocycles. The molecule has 1 saturated heterocycles. The van der Waals surface area contributed by atoms with Gasteiger partial charge in [0.1, 0.15) is 0 Å². The molecule has 5 heteroatoms. The highest BCUT2D eigenvalue weighted by atomic mass is 16.5. The standard InChI is InChI=1S/C13H16N2O3/c1-10(17)14-12-3-2-4-13(11(12)9-16)15-5-7-18-8-6-15/h2-4,9H,5-8H2,1H3,(H,14,17). The van der Waals surface area contributed by atoms with E-state index in [-0.39, 0.29) is 5.91 Å². The van der Waals surface area contributed by atoms with Gasteiger partial charge in [-0.15, -0.1) is 0 Å².